The van der Waals surface area contributed by atoms with Crippen molar-refractivity contribution in [1.82, 2.24) is 5.01 Å². The summed E-state index contributed by atoms with van der Waals surface area (Å²) < 4.78 is 56.0. The number of alkyl halides is 3. The van der Waals surface area contributed by atoms with Crippen LogP contribution in [0.5, 0.6) is 17.2 Å². The van der Waals surface area contributed by atoms with Crippen molar-refractivity contribution in [2.75, 3.05) is 20.3 Å². The van der Waals surface area contributed by atoms with E-state index in [1.54, 1.807) is 18.2 Å². The summed E-state index contributed by atoms with van der Waals surface area (Å²) >= 11 is 0.201. The first kappa shape index (κ1) is 26.3. The Morgan fingerprint density at radius 3 is 2.57 bits per heavy atom. The van der Waals surface area contributed by atoms with E-state index >= 15 is 0 Å². The maximum Gasteiger partial charge on any atom is 0.441 e. The average Bonchev–Trinajstić information content (AvgIpc) is 3.29. The number of amidine groups is 2. The van der Waals surface area contributed by atoms with Crippen LogP contribution in [-0.4, -0.2) is 53.5 Å². The summed E-state index contributed by atoms with van der Waals surface area (Å²) in [5.41, 5.74) is 2.56. The van der Waals surface area contributed by atoms with Gasteiger partial charge in [0.1, 0.15) is 19.0 Å². The highest BCUT2D eigenvalue weighted by Crippen LogP contribution is 2.36. The molecule has 0 aliphatic carbocycles. The number of aryl methyl sites for hydroxylation is 2. The van der Waals surface area contributed by atoms with Crippen LogP contribution in [0.2, 0.25) is 0 Å². The monoisotopic (exact) mass is 532 g/mol. The molecule has 194 valence electrons. The Kier molecular flexibility index (Phi) is 7.58. The second kappa shape index (κ2) is 10.7. The van der Waals surface area contributed by atoms with Gasteiger partial charge in [0.05, 0.1) is 12.7 Å². The number of thioether (sulfide) groups is 1. The van der Waals surface area contributed by atoms with Gasteiger partial charge in [0.15, 0.2) is 17.3 Å². The van der Waals surface area contributed by atoms with Gasteiger partial charge < -0.3 is 14.2 Å². The Bertz CT molecular complexity index is 1340. The van der Waals surface area contributed by atoms with Gasteiger partial charge in [-0.3, -0.25) is 10.2 Å². The Morgan fingerprint density at radius 2 is 1.86 bits per heavy atom. The molecule has 0 aromatic heterocycles. The summed E-state index contributed by atoms with van der Waals surface area (Å²) in [6.07, 6.45) is -2.45. The fraction of sp³-hybridized carbons (Fsp3) is 0.280. The lowest BCUT2D eigenvalue weighted by Gasteiger charge is -2.20. The largest absolute Gasteiger partial charge is 0.493 e. The van der Waals surface area contributed by atoms with Gasteiger partial charge in [0.25, 0.3) is 5.91 Å². The summed E-state index contributed by atoms with van der Waals surface area (Å²) in [6, 6.07) is 10.9. The van der Waals surface area contributed by atoms with Crippen molar-refractivity contribution in [3.63, 3.8) is 0 Å². The highest BCUT2D eigenvalue weighted by atomic mass is 32.2. The van der Waals surface area contributed by atoms with Crippen LogP contribution in [0.3, 0.4) is 0 Å². The van der Waals surface area contributed by atoms with E-state index in [2.05, 4.69) is 23.1 Å². The topological polar surface area (TPSA) is 96.6 Å². The number of rotatable bonds is 8. The molecule has 8 nitrogen and oxygen atoms in total. The maximum absolute atomic E-state index is 13.0. The number of carbonyl (C=O) groups excluding carboxylic acids is 1. The molecule has 2 aliphatic rings. The number of carbonyl (C=O) groups is 1. The minimum atomic E-state index is -4.70. The summed E-state index contributed by atoms with van der Waals surface area (Å²) in [5.74, 6) is 0.239. The van der Waals surface area contributed by atoms with E-state index in [-0.39, 0.29) is 29.1 Å². The smallest absolute Gasteiger partial charge is 0.441 e. The quantitative estimate of drug-likeness (QED) is 0.371. The van der Waals surface area contributed by atoms with Gasteiger partial charge in [-0.05, 0) is 72.1 Å². The third-order valence-corrected chi connectivity index (χ3v) is 6.28. The number of hydrogen-bond acceptors (Lipinski definition) is 7. The molecule has 2 aromatic rings. The third kappa shape index (κ3) is 5.96. The van der Waals surface area contributed by atoms with Crippen molar-refractivity contribution in [2.24, 2.45) is 10.1 Å². The molecule has 0 saturated heterocycles. The molecule has 2 aliphatic heterocycles. The van der Waals surface area contributed by atoms with Crippen LogP contribution in [0.1, 0.15) is 23.6 Å². The summed E-state index contributed by atoms with van der Waals surface area (Å²) in [7, 11) is 1.45. The van der Waals surface area contributed by atoms with Crippen LogP contribution < -0.4 is 14.2 Å². The zero-order valence-electron chi connectivity index (χ0n) is 20.2. The lowest BCUT2D eigenvalue weighted by molar-refractivity contribution is -0.114. The minimum absolute atomic E-state index is 0.201. The van der Waals surface area contributed by atoms with Gasteiger partial charge in [0.2, 0.25) is 10.2 Å². The number of hydrazone groups is 1. The first-order valence-corrected chi connectivity index (χ1v) is 12.0. The van der Waals surface area contributed by atoms with Crippen molar-refractivity contribution in [3.05, 3.63) is 58.7 Å². The molecule has 0 spiro atoms. The van der Waals surface area contributed by atoms with Gasteiger partial charge in [-0.15, -0.1) is 0 Å². The minimum Gasteiger partial charge on any atom is -0.493 e. The fourth-order valence-corrected chi connectivity index (χ4v) is 4.35. The molecule has 2 heterocycles. The van der Waals surface area contributed by atoms with Gasteiger partial charge in [-0.2, -0.15) is 28.3 Å². The van der Waals surface area contributed by atoms with Crippen LogP contribution in [-0.2, 0) is 11.2 Å². The molecule has 37 heavy (non-hydrogen) atoms. The first-order valence-electron chi connectivity index (χ1n) is 11.2. The second-order valence-electron chi connectivity index (χ2n) is 8.04. The Labute approximate surface area is 215 Å². The molecular weight excluding hydrogens is 509 g/mol. The van der Waals surface area contributed by atoms with E-state index in [9.17, 15) is 18.0 Å². The molecule has 2 aromatic carbocycles. The number of fused-ring (bicyclic) bond motifs is 1. The molecule has 12 heteroatoms. The van der Waals surface area contributed by atoms with E-state index < -0.39 is 23.0 Å². The lowest BCUT2D eigenvalue weighted by Crippen LogP contribution is -2.35. The summed E-state index contributed by atoms with van der Waals surface area (Å²) in [5, 5.41) is 10.8. The SMILES string of the molecule is CCc1cc(C)cc(OCCOc2ccc(/C=C3\C(=N)N4N=C(C(F)(F)F)SC4=NC3=O)cc2OC)c1. The highest BCUT2D eigenvalue weighted by Gasteiger charge is 2.46. The van der Waals surface area contributed by atoms with Crippen LogP contribution in [0, 0.1) is 12.3 Å². The molecule has 0 unspecified atom stereocenters. The molecule has 0 fully saturated rings. The first-order chi connectivity index (χ1) is 17.6. The van der Waals surface area contributed by atoms with Gasteiger partial charge >= 0.3 is 6.18 Å². The molecule has 1 amide bonds. The van der Waals surface area contributed by atoms with E-state index in [4.69, 9.17) is 19.6 Å². The zero-order chi connectivity index (χ0) is 26.7. The van der Waals surface area contributed by atoms with Crippen molar-refractivity contribution in [2.45, 2.75) is 26.4 Å². The maximum atomic E-state index is 13.0. The number of amides is 1. The van der Waals surface area contributed by atoms with E-state index in [0.717, 1.165) is 17.7 Å². The van der Waals surface area contributed by atoms with Crippen LogP contribution >= 0.6 is 11.8 Å². The predicted molar refractivity (Wildman–Crippen MR) is 136 cm³/mol. The summed E-state index contributed by atoms with van der Waals surface area (Å²) in [4.78, 5) is 16.1. The molecular formula is C25H23F3N4O4S. The van der Waals surface area contributed by atoms with Crippen molar-refractivity contribution in [1.29, 1.82) is 5.41 Å². The average molecular weight is 533 g/mol. The van der Waals surface area contributed by atoms with Crippen LogP contribution in [0.25, 0.3) is 6.08 Å². The number of methoxy groups -OCH3 is 1. The van der Waals surface area contributed by atoms with E-state index in [1.807, 2.05) is 19.1 Å². The van der Waals surface area contributed by atoms with E-state index in [1.165, 1.54) is 18.7 Å². The zero-order valence-corrected chi connectivity index (χ0v) is 21.0. The standard InChI is InChI=1S/C25H23F3N4O4S/c1-4-15-9-14(2)10-17(11-15)35-7-8-36-19-6-5-16(13-20(19)34-3)12-18-21(29)32-24(30-22(18)33)37-23(31-32)25(26,27)28/h5-6,9-13,29H,4,7-8H2,1-3H3/b18-12+,29-21?. The third-order valence-electron chi connectivity index (χ3n) is 5.32. The van der Waals surface area contributed by atoms with Crippen molar-refractivity contribution in [3.8, 4) is 17.2 Å². The van der Waals surface area contributed by atoms with Crippen molar-refractivity contribution < 1.29 is 32.2 Å². The Hall–Kier alpha value is -3.80. The van der Waals surface area contributed by atoms with Gasteiger partial charge in [-0.1, -0.05) is 19.1 Å². The number of hydrogen-bond donors (Lipinski definition) is 1. The molecule has 0 radical (unpaired) electrons. The van der Waals surface area contributed by atoms with Crippen LogP contribution in [0.4, 0.5) is 13.2 Å². The fourth-order valence-electron chi connectivity index (χ4n) is 3.59. The summed E-state index contributed by atoms with van der Waals surface area (Å²) in [6.45, 7) is 4.64. The number of benzene rings is 2. The lowest BCUT2D eigenvalue weighted by atomic mass is 10.1. The molecule has 0 bridgehead atoms. The molecule has 0 atom stereocenters. The number of aliphatic imine (C=N–C) groups is 1. The number of nitrogens with one attached hydrogen (secondary N) is 1. The molecule has 0 saturated carbocycles. The Morgan fingerprint density at radius 1 is 1.11 bits per heavy atom. The number of nitrogens with zero attached hydrogens (tertiary/aromatic N) is 3. The van der Waals surface area contributed by atoms with E-state index in [0.29, 0.717) is 28.7 Å². The number of ether oxygens (including phenoxy) is 3. The predicted octanol–water partition coefficient (Wildman–Crippen LogP) is 5.21. The normalized spacial score (nSPS) is 16.5. The molecule has 1 N–H and O–H groups in total. The second-order valence-corrected chi connectivity index (χ2v) is 8.99. The van der Waals surface area contributed by atoms with Crippen LogP contribution in [0.15, 0.2) is 52.1 Å². The Balaban J connectivity index is 1.44. The molecule has 4 rings (SSSR count). The number of halogens is 3. The van der Waals surface area contributed by atoms with Gasteiger partial charge in [0, 0.05) is 0 Å². The van der Waals surface area contributed by atoms with Gasteiger partial charge in [-0.25, -0.2) is 0 Å². The highest BCUT2D eigenvalue weighted by molar-refractivity contribution is 8.27. The van der Waals surface area contributed by atoms with Crippen molar-refractivity contribution >= 4 is 39.8 Å².